The summed E-state index contributed by atoms with van der Waals surface area (Å²) in [6.07, 6.45) is 0. The number of aromatic nitrogens is 1. The number of nitrogens with one attached hydrogen (secondary N) is 1. The number of H-pyrrole nitrogens is 1. The minimum absolute atomic E-state index is 0.00133. The molecule has 0 aliphatic heterocycles. The molecule has 0 amide bonds. The lowest BCUT2D eigenvalue weighted by atomic mass is 10.0. The molecule has 0 aliphatic rings. The van der Waals surface area contributed by atoms with Crippen LogP contribution in [0.5, 0.6) is 11.5 Å². The Morgan fingerprint density at radius 3 is 2.46 bits per heavy atom. The lowest BCUT2D eigenvalue weighted by Gasteiger charge is -2.12. The molecule has 140 valence electrons. The SMILES string of the molecule is COc1cc(-c2cc(C)[nH]c(=O)c2C#N)ccc1OC(=O)c1ccc(Cl)cc1. The van der Waals surface area contributed by atoms with Crippen LogP contribution >= 0.6 is 11.6 Å². The summed E-state index contributed by atoms with van der Waals surface area (Å²) in [5.74, 6) is -0.0552. The number of pyridine rings is 1. The van der Waals surface area contributed by atoms with Crippen LogP contribution in [0.3, 0.4) is 0 Å². The standard InChI is InChI=1S/C21H15ClN2O4/c1-12-9-16(17(11-23)20(25)24-12)14-5-8-18(19(10-14)27-2)28-21(26)13-3-6-15(22)7-4-13/h3-10H,1-2H3,(H,24,25). The fourth-order valence-corrected chi connectivity index (χ4v) is 2.82. The number of halogens is 1. The molecule has 7 heteroatoms. The highest BCUT2D eigenvalue weighted by Gasteiger charge is 2.16. The van der Waals surface area contributed by atoms with Crippen molar-refractivity contribution in [1.29, 1.82) is 5.26 Å². The van der Waals surface area contributed by atoms with Crippen molar-refractivity contribution in [3.05, 3.63) is 80.7 Å². The van der Waals surface area contributed by atoms with E-state index in [2.05, 4.69) is 4.98 Å². The fourth-order valence-electron chi connectivity index (χ4n) is 2.69. The fraction of sp³-hybridized carbons (Fsp3) is 0.0952. The van der Waals surface area contributed by atoms with Crippen LogP contribution in [0.15, 0.2) is 53.3 Å². The molecule has 28 heavy (non-hydrogen) atoms. The summed E-state index contributed by atoms with van der Waals surface area (Å²) in [5, 5.41) is 9.83. The Morgan fingerprint density at radius 1 is 1.11 bits per heavy atom. The molecular formula is C21H15ClN2O4. The zero-order valence-corrected chi connectivity index (χ0v) is 15.8. The number of methoxy groups -OCH3 is 1. The molecule has 0 aliphatic carbocycles. The van der Waals surface area contributed by atoms with Crippen LogP contribution in [-0.2, 0) is 0 Å². The minimum Gasteiger partial charge on any atom is -0.493 e. The zero-order chi connectivity index (χ0) is 20.3. The molecule has 3 rings (SSSR count). The van der Waals surface area contributed by atoms with E-state index in [4.69, 9.17) is 21.1 Å². The van der Waals surface area contributed by atoms with Crippen LogP contribution in [0, 0.1) is 18.3 Å². The van der Waals surface area contributed by atoms with Gasteiger partial charge in [0.25, 0.3) is 5.56 Å². The number of ether oxygens (including phenoxy) is 2. The van der Waals surface area contributed by atoms with Crippen molar-refractivity contribution >= 4 is 17.6 Å². The number of nitriles is 1. The summed E-state index contributed by atoms with van der Waals surface area (Å²) in [4.78, 5) is 27.0. The molecule has 0 spiro atoms. The minimum atomic E-state index is -0.563. The second-order valence-corrected chi connectivity index (χ2v) is 6.38. The van der Waals surface area contributed by atoms with Gasteiger partial charge >= 0.3 is 5.97 Å². The second kappa shape index (κ2) is 7.99. The molecule has 0 atom stereocenters. The van der Waals surface area contributed by atoms with E-state index in [1.807, 2.05) is 6.07 Å². The number of hydrogen-bond acceptors (Lipinski definition) is 5. The highest BCUT2D eigenvalue weighted by Crippen LogP contribution is 2.34. The third kappa shape index (κ3) is 3.90. The summed E-state index contributed by atoms with van der Waals surface area (Å²) >= 11 is 5.83. The van der Waals surface area contributed by atoms with Crippen LogP contribution in [0.1, 0.15) is 21.6 Å². The Balaban J connectivity index is 1.98. The first-order chi connectivity index (χ1) is 13.4. The molecule has 0 saturated carbocycles. The predicted molar refractivity (Wildman–Crippen MR) is 105 cm³/mol. The lowest BCUT2D eigenvalue weighted by Crippen LogP contribution is -2.13. The summed E-state index contributed by atoms with van der Waals surface area (Å²) in [6, 6.07) is 14.7. The number of hydrogen-bond donors (Lipinski definition) is 1. The Kier molecular flexibility index (Phi) is 5.48. The average Bonchev–Trinajstić information content (AvgIpc) is 2.68. The van der Waals surface area contributed by atoms with Crippen molar-refractivity contribution < 1.29 is 14.3 Å². The van der Waals surface area contributed by atoms with E-state index >= 15 is 0 Å². The van der Waals surface area contributed by atoms with Crippen LogP contribution in [-0.4, -0.2) is 18.1 Å². The number of rotatable bonds is 4. The van der Waals surface area contributed by atoms with Gasteiger partial charge in [-0.25, -0.2) is 4.79 Å². The Hall–Kier alpha value is -3.56. The molecule has 1 heterocycles. The van der Waals surface area contributed by atoms with E-state index in [0.29, 0.717) is 33.2 Å². The van der Waals surface area contributed by atoms with E-state index < -0.39 is 11.5 Å². The smallest absolute Gasteiger partial charge is 0.343 e. The third-order valence-electron chi connectivity index (χ3n) is 4.04. The van der Waals surface area contributed by atoms with Crippen molar-refractivity contribution in [2.45, 2.75) is 6.92 Å². The van der Waals surface area contributed by atoms with Gasteiger partial charge in [0, 0.05) is 16.3 Å². The van der Waals surface area contributed by atoms with Crippen molar-refractivity contribution in [3.63, 3.8) is 0 Å². The molecule has 6 nitrogen and oxygen atoms in total. The number of carbonyl (C=O) groups excluding carboxylic acids is 1. The van der Waals surface area contributed by atoms with Gasteiger partial charge in [0.2, 0.25) is 0 Å². The van der Waals surface area contributed by atoms with E-state index in [1.54, 1.807) is 55.5 Å². The molecule has 0 fully saturated rings. The molecule has 3 aromatic rings. The van der Waals surface area contributed by atoms with Gasteiger partial charge in [-0.1, -0.05) is 17.7 Å². The van der Waals surface area contributed by atoms with E-state index in [1.165, 1.54) is 7.11 Å². The molecule has 2 aromatic carbocycles. The third-order valence-corrected chi connectivity index (χ3v) is 4.29. The van der Waals surface area contributed by atoms with Gasteiger partial charge < -0.3 is 14.5 Å². The number of aromatic amines is 1. The van der Waals surface area contributed by atoms with Crippen LogP contribution in [0.4, 0.5) is 0 Å². The molecule has 0 radical (unpaired) electrons. The van der Waals surface area contributed by atoms with Crippen LogP contribution < -0.4 is 15.0 Å². The molecule has 0 saturated heterocycles. The van der Waals surface area contributed by atoms with E-state index in [0.717, 1.165) is 0 Å². The van der Waals surface area contributed by atoms with Gasteiger partial charge in [-0.15, -0.1) is 0 Å². The second-order valence-electron chi connectivity index (χ2n) is 5.94. The van der Waals surface area contributed by atoms with Crippen molar-refractivity contribution in [3.8, 4) is 28.7 Å². The highest BCUT2D eigenvalue weighted by molar-refractivity contribution is 6.30. The number of benzene rings is 2. The van der Waals surface area contributed by atoms with Crippen molar-refractivity contribution in [1.82, 2.24) is 4.98 Å². The lowest BCUT2D eigenvalue weighted by molar-refractivity contribution is 0.0730. The first-order valence-electron chi connectivity index (χ1n) is 8.23. The van der Waals surface area contributed by atoms with Gasteiger partial charge in [-0.3, -0.25) is 4.79 Å². The quantitative estimate of drug-likeness (QED) is 0.531. The number of esters is 1. The van der Waals surface area contributed by atoms with Gasteiger partial charge in [-0.05, 0) is 55.0 Å². The largest absolute Gasteiger partial charge is 0.493 e. The summed E-state index contributed by atoms with van der Waals surface area (Å²) in [6.45, 7) is 1.73. The van der Waals surface area contributed by atoms with Gasteiger partial charge in [0.15, 0.2) is 11.5 Å². The summed E-state index contributed by atoms with van der Waals surface area (Å²) in [5.41, 5.74) is 1.56. The maximum atomic E-state index is 12.3. The van der Waals surface area contributed by atoms with Crippen molar-refractivity contribution in [2.24, 2.45) is 0 Å². The van der Waals surface area contributed by atoms with E-state index in [-0.39, 0.29) is 11.3 Å². The van der Waals surface area contributed by atoms with Crippen molar-refractivity contribution in [2.75, 3.05) is 7.11 Å². The van der Waals surface area contributed by atoms with Gasteiger partial charge in [0.05, 0.1) is 12.7 Å². The van der Waals surface area contributed by atoms with E-state index in [9.17, 15) is 14.9 Å². The number of aryl methyl sites for hydroxylation is 1. The summed E-state index contributed by atoms with van der Waals surface area (Å²) < 4.78 is 10.7. The number of carbonyl (C=O) groups is 1. The van der Waals surface area contributed by atoms with Gasteiger partial charge in [-0.2, -0.15) is 5.26 Å². The van der Waals surface area contributed by atoms with Crippen LogP contribution in [0.2, 0.25) is 5.02 Å². The topological polar surface area (TPSA) is 92.2 Å². The maximum Gasteiger partial charge on any atom is 0.343 e. The predicted octanol–water partition coefficient (Wildman–Crippen LogP) is 4.10. The maximum absolute atomic E-state index is 12.3. The monoisotopic (exact) mass is 394 g/mol. The first-order valence-corrected chi connectivity index (χ1v) is 8.61. The Bertz CT molecular complexity index is 1140. The number of nitrogens with zero attached hydrogens (tertiary/aromatic N) is 1. The molecule has 1 aromatic heterocycles. The Morgan fingerprint density at radius 2 is 1.82 bits per heavy atom. The highest BCUT2D eigenvalue weighted by atomic mass is 35.5. The molecule has 1 N–H and O–H groups in total. The Labute approximate surface area is 165 Å². The molecular weight excluding hydrogens is 380 g/mol. The molecule has 0 unspecified atom stereocenters. The van der Waals surface area contributed by atoms with Gasteiger partial charge in [0.1, 0.15) is 11.6 Å². The first kappa shape index (κ1) is 19.2. The van der Waals surface area contributed by atoms with Crippen LogP contribution in [0.25, 0.3) is 11.1 Å². The normalized spacial score (nSPS) is 10.2. The summed E-state index contributed by atoms with van der Waals surface area (Å²) in [7, 11) is 1.44. The average molecular weight is 395 g/mol. The zero-order valence-electron chi connectivity index (χ0n) is 15.1. The molecule has 0 bridgehead atoms.